The van der Waals surface area contributed by atoms with Crippen molar-refractivity contribution in [3.05, 3.63) is 58.1 Å². The molecule has 7 heteroatoms. The molecule has 3 rings (SSSR count). The Morgan fingerprint density at radius 2 is 1.78 bits per heavy atom. The first-order valence-corrected chi connectivity index (χ1v) is 7.49. The lowest BCUT2D eigenvalue weighted by Gasteiger charge is -2.13. The topological polar surface area (TPSA) is 70.6 Å². The average molecular weight is 348 g/mol. The lowest BCUT2D eigenvalue weighted by Crippen LogP contribution is -2.44. The Bertz CT molecular complexity index is 803. The molecule has 0 unspecified atom stereocenters. The fraction of sp³-hybridized carbons (Fsp3) is 0.0625. The summed E-state index contributed by atoms with van der Waals surface area (Å²) in [6.07, 6.45) is 1.39. The molecule has 5 nitrogen and oxygen atoms in total. The van der Waals surface area contributed by atoms with E-state index in [0.29, 0.717) is 27.0 Å². The standard InChI is InChI=1S/C16H11Cl2N3O2/c17-10-3-1-9(2-4-10)15(22)21-14-8-19-12-6-5-11(18)7-13(12)20-16(14)23/h1-8,14H,(H,20,23)(H,21,22)/t14-/m0/s1. The van der Waals surface area contributed by atoms with Crippen molar-refractivity contribution in [2.75, 3.05) is 5.32 Å². The molecule has 23 heavy (non-hydrogen) atoms. The first kappa shape index (κ1) is 15.5. The highest BCUT2D eigenvalue weighted by atomic mass is 35.5. The van der Waals surface area contributed by atoms with E-state index in [1.807, 2.05) is 0 Å². The summed E-state index contributed by atoms with van der Waals surface area (Å²) in [7, 11) is 0. The van der Waals surface area contributed by atoms with E-state index in [2.05, 4.69) is 15.6 Å². The van der Waals surface area contributed by atoms with Crippen LogP contribution in [0.1, 0.15) is 10.4 Å². The van der Waals surface area contributed by atoms with E-state index in [1.54, 1.807) is 42.5 Å². The first-order valence-electron chi connectivity index (χ1n) is 6.74. The molecule has 1 aliphatic rings. The smallest absolute Gasteiger partial charge is 0.252 e. The third-order valence-corrected chi connectivity index (χ3v) is 3.74. The number of benzene rings is 2. The van der Waals surface area contributed by atoms with E-state index in [9.17, 15) is 9.59 Å². The van der Waals surface area contributed by atoms with Crippen LogP contribution < -0.4 is 10.6 Å². The van der Waals surface area contributed by atoms with Crippen LogP contribution in [-0.4, -0.2) is 24.1 Å². The van der Waals surface area contributed by atoms with Crippen molar-refractivity contribution in [3.8, 4) is 0 Å². The predicted octanol–water partition coefficient (Wildman–Crippen LogP) is 3.45. The van der Waals surface area contributed by atoms with Crippen LogP contribution in [0.15, 0.2) is 47.5 Å². The summed E-state index contributed by atoms with van der Waals surface area (Å²) in [5, 5.41) is 6.33. The van der Waals surface area contributed by atoms with Crippen LogP contribution in [0.25, 0.3) is 0 Å². The second-order valence-electron chi connectivity index (χ2n) is 4.89. The van der Waals surface area contributed by atoms with Gasteiger partial charge in [0.25, 0.3) is 11.8 Å². The van der Waals surface area contributed by atoms with Gasteiger partial charge in [0.1, 0.15) is 6.04 Å². The Morgan fingerprint density at radius 1 is 1.09 bits per heavy atom. The number of halogens is 2. The Morgan fingerprint density at radius 3 is 2.52 bits per heavy atom. The summed E-state index contributed by atoms with van der Waals surface area (Å²) in [6, 6.07) is 10.5. The fourth-order valence-electron chi connectivity index (χ4n) is 2.08. The van der Waals surface area contributed by atoms with Crippen LogP contribution >= 0.6 is 23.2 Å². The van der Waals surface area contributed by atoms with Crippen LogP contribution in [0.2, 0.25) is 10.0 Å². The van der Waals surface area contributed by atoms with Crippen molar-refractivity contribution in [1.29, 1.82) is 0 Å². The third-order valence-electron chi connectivity index (χ3n) is 3.25. The maximum Gasteiger partial charge on any atom is 0.252 e. The van der Waals surface area contributed by atoms with Gasteiger partial charge < -0.3 is 10.6 Å². The molecule has 2 N–H and O–H groups in total. The second kappa shape index (κ2) is 6.40. The van der Waals surface area contributed by atoms with Gasteiger partial charge in [-0.15, -0.1) is 0 Å². The Hall–Kier alpha value is -2.37. The summed E-state index contributed by atoms with van der Waals surface area (Å²) >= 11 is 11.7. The zero-order chi connectivity index (χ0) is 16.4. The number of anilines is 1. The zero-order valence-electron chi connectivity index (χ0n) is 11.7. The molecule has 2 amide bonds. The summed E-state index contributed by atoms with van der Waals surface area (Å²) in [5.41, 5.74) is 1.48. The van der Waals surface area contributed by atoms with Gasteiger partial charge in [0.15, 0.2) is 0 Å². The average Bonchev–Trinajstić information content (AvgIpc) is 2.67. The molecule has 0 spiro atoms. The van der Waals surface area contributed by atoms with Crippen molar-refractivity contribution >= 4 is 52.6 Å². The van der Waals surface area contributed by atoms with Gasteiger partial charge in [0, 0.05) is 21.8 Å². The van der Waals surface area contributed by atoms with Crippen LogP contribution in [-0.2, 0) is 4.79 Å². The Kier molecular flexibility index (Phi) is 4.32. The number of nitrogens with one attached hydrogen (secondary N) is 2. The molecular formula is C16H11Cl2N3O2. The van der Waals surface area contributed by atoms with Crippen LogP contribution in [0.5, 0.6) is 0 Å². The number of hydrogen-bond acceptors (Lipinski definition) is 3. The minimum absolute atomic E-state index is 0.391. The lowest BCUT2D eigenvalue weighted by molar-refractivity contribution is -0.116. The molecule has 0 aliphatic carbocycles. The van der Waals surface area contributed by atoms with Gasteiger partial charge >= 0.3 is 0 Å². The van der Waals surface area contributed by atoms with Crippen molar-refractivity contribution in [2.45, 2.75) is 6.04 Å². The van der Waals surface area contributed by atoms with Gasteiger partial charge in [0.05, 0.1) is 11.4 Å². The molecule has 2 aromatic rings. The summed E-state index contributed by atoms with van der Waals surface area (Å²) < 4.78 is 0. The summed E-state index contributed by atoms with van der Waals surface area (Å²) in [4.78, 5) is 28.6. The molecule has 0 aromatic heterocycles. The minimum atomic E-state index is -0.885. The number of carbonyl (C=O) groups is 2. The van der Waals surface area contributed by atoms with Crippen LogP contribution in [0, 0.1) is 0 Å². The minimum Gasteiger partial charge on any atom is -0.336 e. The molecule has 1 aliphatic heterocycles. The molecule has 1 atom stereocenters. The molecule has 0 fully saturated rings. The number of carbonyl (C=O) groups excluding carboxylic acids is 2. The highest BCUT2D eigenvalue weighted by Crippen LogP contribution is 2.29. The van der Waals surface area contributed by atoms with Crippen molar-refractivity contribution in [3.63, 3.8) is 0 Å². The number of rotatable bonds is 2. The molecule has 0 saturated carbocycles. The lowest BCUT2D eigenvalue weighted by atomic mass is 10.2. The SMILES string of the molecule is O=C(N[C@H]1C=Nc2ccc(Cl)cc2NC1=O)c1ccc(Cl)cc1. The largest absolute Gasteiger partial charge is 0.336 e. The Balaban J connectivity index is 1.78. The van der Waals surface area contributed by atoms with E-state index in [-0.39, 0.29) is 0 Å². The van der Waals surface area contributed by atoms with Crippen molar-refractivity contribution in [2.24, 2.45) is 4.99 Å². The van der Waals surface area contributed by atoms with E-state index in [1.165, 1.54) is 6.21 Å². The van der Waals surface area contributed by atoms with E-state index < -0.39 is 17.9 Å². The quantitative estimate of drug-likeness (QED) is 0.873. The van der Waals surface area contributed by atoms with Gasteiger partial charge in [-0.1, -0.05) is 23.2 Å². The predicted molar refractivity (Wildman–Crippen MR) is 90.9 cm³/mol. The molecule has 0 saturated heterocycles. The second-order valence-corrected chi connectivity index (χ2v) is 5.76. The molecule has 1 heterocycles. The van der Waals surface area contributed by atoms with Crippen LogP contribution in [0.3, 0.4) is 0 Å². The highest BCUT2D eigenvalue weighted by molar-refractivity contribution is 6.31. The summed E-state index contributed by atoms with van der Waals surface area (Å²) in [5.74, 6) is -0.783. The molecular weight excluding hydrogens is 337 g/mol. The maximum absolute atomic E-state index is 12.2. The highest BCUT2D eigenvalue weighted by Gasteiger charge is 2.23. The molecule has 2 aromatic carbocycles. The maximum atomic E-state index is 12.2. The number of amides is 2. The van der Waals surface area contributed by atoms with Crippen LogP contribution in [0.4, 0.5) is 11.4 Å². The van der Waals surface area contributed by atoms with Gasteiger partial charge in [-0.25, -0.2) is 0 Å². The van der Waals surface area contributed by atoms with Gasteiger partial charge in [-0.3, -0.25) is 14.6 Å². The Labute approximate surface area is 142 Å². The number of hydrogen-bond donors (Lipinski definition) is 2. The first-order chi connectivity index (χ1) is 11.0. The number of aliphatic imine (C=N–C) groups is 1. The van der Waals surface area contributed by atoms with Crippen molar-refractivity contribution < 1.29 is 9.59 Å². The fourth-order valence-corrected chi connectivity index (χ4v) is 2.38. The van der Waals surface area contributed by atoms with Crippen molar-refractivity contribution in [1.82, 2.24) is 5.32 Å². The number of fused-ring (bicyclic) bond motifs is 1. The normalized spacial score (nSPS) is 16.3. The van der Waals surface area contributed by atoms with E-state index in [0.717, 1.165) is 0 Å². The van der Waals surface area contributed by atoms with E-state index in [4.69, 9.17) is 23.2 Å². The van der Waals surface area contributed by atoms with Gasteiger partial charge in [-0.2, -0.15) is 0 Å². The van der Waals surface area contributed by atoms with Gasteiger partial charge in [-0.05, 0) is 42.5 Å². The van der Waals surface area contributed by atoms with Gasteiger partial charge in [0.2, 0.25) is 0 Å². The zero-order valence-corrected chi connectivity index (χ0v) is 13.2. The summed E-state index contributed by atoms with van der Waals surface area (Å²) in [6.45, 7) is 0. The third kappa shape index (κ3) is 3.52. The number of nitrogens with zero attached hydrogens (tertiary/aromatic N) is 1. The molecule has 116 valence electrons. The van der Waals surface area contributed by atoms with E-state index >= 15 is 0 Å². The molecule has 0 bridgehead atoms. The molecule has 0 radical (unpaired) electrons. The monoisotopic (exact) mass is 347 g/mol.